The van der Waals surface area contributed by atoms with E-state index in [-0.39, 0.29) is 40.3 Å². The first-order valence-electron chi connectivity index (χ1n) is 9.61. The number of alkyl halides is 3. The Labute approximate surface area is 194 Å². The number of rotatable bonds is 6. The summed E-state index contributed by atoms with van der Waals surface area (Å²) in [5.74, 6) is -0.705. The van der Waals surface area contributed by atoms with Gasteiger partial charge in [-0.1, -0.05) is 0 Å². The highest BCUT2D eigenvalue weighted by Gasteiger charge is 2.79. The molecule has 3 aliphatic rings. The molecule has 3 fully saturated rings. The standard InChI is InChI=1S/C20H19F3N2O5S3/c1-32(27,28)13-3-5-14(6-4-13)33(29,30)25-16-8-12(31)2-7-15(16)17(26)24-19-9-18(10-19,11-19)20(21,22)23/h2-8,25,31H,9-11H2,1H3,(H,24,26). The zero-order chi connectivity index (χ0) is 24.4. The molecule has 0 aromatic heterocycles. The summed E-state index contributed by atoms with van der Waals surface area (Å²) >= 11 is 4.16. The van der Waals surface area contributed by atoms with Crippen LogP contribution in [-0.4, -0.2) is 40.7 Å². The second-order valence-corrected chi connectivity index (χ2v) is 12.8. The smallest absolute Gasteiger partial charge is 0.346 e. The van der Waals surface area contributed by atoms with E-state index in [9.17, 15) is 34.8 Å². The molecule has 2 aromatic rings. The van der Waals surface area contributed by atoms with Gasteiger partial charge < -0.3 is 5.32 Å². The van der Waals surface area contributed by atoms with Crippen molar-refractivity contribution in [1.82, 2.24) is 5.32 Å². The van der Waals surface area contributed by atoms with Crippen LogP contribution in [0.4, 0.5) is 18.9 Å². The van der Waals surface area contributed by atoms with Gasteiger partial charge in [0.05, 0.1) is 26.5 Å². The Kier molecular flexibility index (Phi) is 5.34. The Morgan fingerprint density at radius 3 is 2.03 bits per heavy atom. The second kappa shape index (κ2) is 7.37. The van der Waals surface area contributed by atoms with Crippen molar-refractivity contribution in [3.63, 3.8) is 0 Å². The largest absolute Gasteiger partial charge is 0.394 e. The zero-order valence-corrected chi connectivity index (χ0v) is 19.6. The molecule has 0 spiro atoms. The number of sulfone groups is 1. The van der Waals surface area contributed by atoms with Crippen LogP contribution in [0.25, 0.3) is 0 Å². The third kappa shape index (κ3) is 4.21. The first kappa shape index (κ1) is 23.9. The molecule has 0 radical (unpaired) electrons. The molecule has 0 saturated heterocycles. The van der Waals surface area contributed by atoms with Gasteiger partial charge in [0.1, 0.15) is 0 Å². The van der Waals surface area contributed by atoms with Crippen molar-refractivity contribution < 1.29 is 34.8 Å². The van der Waals surface area contributed by atoms with Crippen molar-refractivity contribution in [2.24, 2.45) is 5.41 Å². The third-order valence-corrected chi connectivity index (χ3v) is 8.85. The van der Waals surface area contributed by atoms with E-state index < -0.39 is 42.9 Å². The number of hydrogen-bond donors (Lipinski definition) is 3. The van der Waals surface area contributed by atoms with Gasteiger partial charge in [0.15, 0.2) is 9.84 Å². The molecule has 2 bridgehead atoms. The molecule has 0 aliphatic heterocycles. The van der Waals surface area contributed by atoms with Gasteiger partial charge in [-0.15, -0.1) is 12.6 Å². The van der Waals surface area contributed by atoms with E-state index in [0.717, 1.165) is 30.5 Å². The lowest BCUT2D eigenvalue weighted by Gasteiger charge is -2.70. The van der Waals surface area contributed by atoms with Gasteiger partial charge in [0.2, 0.25) is 0 Å². The van der Waals surface area contributed by atoms with Crippen LogP contribution in [0.5, 0.6) is 0 Å². The molecule has 1 amide bonds. The summed E-state index contributed by atoms with van der Waals surface area (Å²) in [4.78, 5) is 12.9. The number of halogens is 3. The molecule has 0 unspecified atom stereocenters. The van der Waals surface area contributed by atoms with Crippen molar-refractivity contribution in [3.8, 4) is 0 Å². The first-order valence-corrected chi connectivity index (χ1v) is 13.4. The van der Waals surface area contributed by atoms with Gasteiger partial charge >= 0.3 is 6.18 Å². The number of benzene rings is 2. The maximum absolute atomic E-state index is 13.1. The van der Waals surface area contributed by atoms with Crippen LogP contribution in [0.15, 0.2) is 57.2 Å². The van der Waals surface area contributed by atoms with Gasteiger partial charge in [-0.2, -0.15) is 13.2 Å². The highest BCUT2D eigenvalue weighted by atomic mass is 32.2. The van der Waals surface area contributed by atoms with Crippen LogP contribution < -0.4 is 10.0 Å². The summed E-state index contributed by atoms with van der Waals surface area (Å²) in [6, 6.07) is 8.60. The lowest BCUT2D eigenvalue weighted by molar-refractivity contribution is -0.336. The average molecular weight is 521 g/mol. The third-order valence-electron chi connectivity index (χ3n) is 6.06. The number of amides is 1. The predicted octanol–water partition coefficient (Wildman–Crippen LogP) is 3.39. The molecule has 2 N–H and O–H groups in total. The van der Waals surface area contributed by atoms with Crippen molar-refractivity contribution in [2.75, 3.05) is 11.0 Å². The molecule has 2 aromatic carbocycles. The van der Waals surface area contributed by atoms with Crippen LogP contribution in [0, 0.1) is 5.41 Å². The van der Waals surface area contributed by atoms with E-state index in [1.54, 1.807) is 0 Å². The Morgan fingerprint density at radius 1 is 0.970 bits per heavy atom. The van der Waals surface area contributed by atoms with Crippen LogP contribution >= 0.6 is 12.6 Å². The lowest BCUT2D eigenvalue weighted by Crippen LogP contribution is -2.78. The van der Waals surface area contributed by atoms with E-state index in [0.29, 0.717) is 4.90 Å². The molecule has 0 atom stereocenters. The molecular weight excluding hydrogens is 501 g/mol. The van der Waals surface area contributed by atoms with Crippen molar-refractivity contribution in [2.45, 2.75) is 45.7 Å². The van der Waals surface area contributed by atoms with Crippen LogP contribution in [0.3, 0.4) is 0 Å². The summed E-state index contributed by atoms with van der Waals surface area (Å²) in [6.45, 7) is 0. The van der Waals surface area contributed by atoms with Gasteiger partial charge in [0.25, 0.3) is 15.9 Å². The lowest BCUT2D eigenvalue weighted by atomic mass is 9.39. The summed E-state index contributed by atoms with van der Waals surface area (Å²) in [7, 11) is -7.73. The highest BCUT2D eigenvalue weighted by molar-refractivity contribution is 7.92. The molecule has 33 heavy (non-hydrogen) atoms. The fraction of sp³-hybridized carbons (Fsp3) is 0.350. The number of nitrogens with one attached hydrogen (secondary N) is 2. The van der Waals surface area contributed by atoms with Crippen molar-refractivity contribution in [3.05, 3.63) is 48.0 Å². The number of carbonyl (C=O) groups excluding carboxylic acids is 1. The highest BCUT2D eigenvalue weighted by Crippen LogP contribution is 2.73. The number of hydrogen-bond acceptors (Lipinski definition) is 6. The molecular formula is C20H19F3N2O5S3. The molecule has 3 aliphatic carbocycles. The summed E-state index contributed by atoms with van der Waals surface area (Å²) in [5.41, 5.74) is -2.86. The first-order chi connectivity index (χ1) is 15.1. The SMILES string of the molecule is CS(=O)(=O)c1ccc(S(=O)(=O)Nc2cc(S)ccc2C(=O)NC23CC(C(F)(F)F)(C2)C3)cc1. The summed E-state index contributed by atoms with van der Waals surface area (Å²) < 4.78 is 90.3. The topological polar surface area (TPSA) is 109 Å². The Balaban J connectivity index is 1.55. The minimum absolute atomic E-state index is 0.0611. The normalized spacial score (nSPS) is 24.4. The molecule has 3 saturated carbocycles. The van der Waals surface area contributed by atoms with Gasteiger partial charge in [-0.3, -0.25) is 9.52 Å². The quantitative estimate of drug-likeness (QED) is 0.506. The van der Waals surface area contributed by atoms with E-state index >= 15 is 0 Å². The van der Waals surface area contributed by atoms with Crippen LogP contribution in [0.2, 0.25) is 0 Å². The predicted molar refractivity (Wildman–Crippen MR) is 117 cm³/mol. The summed E-state index contributed by atoms with van der Waals surface area (Å²) in [6.07, 6.45) is -3.93. The van der Waals surface area contributed by atoms with Gasteiger partial charge in [-0.05, 0) is 61.7 Å². The maximum Gasteiger partial charge on any atom is 0.394 e. The van der Waals surface area contributed by atoms with Gasteiger partial charge in [-0.25, -0.2) is 16.8 Å². The van der Waals surface area contributed by atoms with E-state index in [2.05, 4.69) is 22.7 Å². The van der Waals surface area contributed by atoms with E-state index in [1.165, 1.54) is 18.2 Å². The molecule has 178 valence electrons. The fourth-order valence-corrected chi connectivity index (χ4v) is 6.32. The monoisotopic (exact) mass is 520 g/mol. The number of anilines is 1. The van der Waals surface area contributed by atoms with Gasteiger partial charge in [0, 0.05) is 16.7 Å². The second-order valence-electron chi connectivity index (χ2n) is 8.62. The Morgan fingerprint density at radius 2 is 1.52 bits per heavy atom. The van der Waals surface area contributed by atoms with Crippen molar-refractivity contribution >= 4 is 44.1 Å². The molecule has 0 heterocycles. The number of sulfonamides is 1. The number of thiol groups is 1. The fourth-order valence-electron chi connectivity index (χ4n) is 4.41. The van der Waals surface area contributed by atoms with E-state index in [1.807, 2.05) is 0 Å². The Bertz CT molecular complexity index is 1330. The zero-order valence-electron chi connectivity index (χ0n) is 17.1. The maximum atomic E-state index is 13.1. The molecule has 7 nitrogen and oxygen atoms in total. The van der Waals surface area contributed by atoms with Crippen LogP contribution in [-0.2, 0) is 19.9 Å². The summed E-state index contributed by atoms with van der Waals surface area (Å²) in [5, 5.41) is 2.62. The van der Waals surface area contributed by atoms with Crippen LogP contribution in [0.1, 0.15) is 29.6 Å². The molecule has 13 heteroatoms. The van der Waals surface area contributed by atoms with Crippen molar-refractivity contribution in [1.29, 1.82) is 0 Å². The minimum atomic E-state index is -4.32. The molecule has 5 rings (SSSR count). The minimum Gasteiger partial charge on any atom is -0.346 e. The van der Waals surface area contributed by atoms with E-state index in [4.69, 9.17) is 0 Å². The Hall–Kier alpha value is -2.25. The number of carbonyl (C=O) groups is 1. The average Bonchev–Trinajstić information content (AvgIpc) is 2.61.